The minimum absolute atomic E-state index is 0.00735. The quantitative estimate of drug-likeness (QED) is 0.0390. The van der Waals surface area contributed by atoms with Gasteiger partial charge >= 0.3 is 11.9 Å². The maximum atomic E-state index is 14.8. The van der Waals surface area contributed by atoms with E-state index in [2.05, 4.69) is 31.6 Å². The number of likely N-dealkylation sites (N-methyl/N-ethyl adjacent to an activating group) is 1. The molecule has 7 amide bonds. The van der Waals surface area contributed by atoms with Crippen molar-refractivity contribution in [2.45, 2.75) is 167 Å². The summed E-state index contributed by atoms with van der Waals surface area (Å²) >= 11 is 0. The molecule has 22 heteroatoms. The molecule has 0 aliphatic carbocycles. The molecule has 2 bridgehead atoms. The lowest BCUT2D eigenvalue weighted by Gasteiger charge is -2.43. The first-order valence-electron chi connectivity index (χ1n) is 23.3. The largest absolute Gasteiger partial charge is 0.481 e. The molecular weight excluding hydrogens is 885 g/mol. The Hall–Kier alpha value is -6.32. The Balaban J connectivity index is 2.22. The van der Waals surface area contributed by atoms with Crippen molar-refractivity contribution in [1.29, 1.82) is 0 Å². The molecule has 2 aliphatic heterocycles. The topological polar surface area (TPSA) is 334 Å². The minimum atomic E-state index is -1.85. The van der Waals surface area contributed by atoms with Crippen molar-refractivity contribution in [2.75, 3.05) is 13.6 Å². The standard InChI is InChI=1S/C46H72N10O12/c1-8-9-11-18-34(57)50-31(24-36(59)60)40(62)54-38-27(6)68-45(67)37(26(4)5)53-41(63)32(23-28-15-12-10-13-16-28)55(7)44(66)33(22-25(2)3)56-35(58)20-19-30(43(56)65)52-39(61)29(51-42(38)64)17-14-21-49-46(47)48/h10,12-13,15-16,25-27,29-33,35,37-38,58H,8-9,11,14,17-24H2,1-7H3,(H,50,57)(H,51,64)(H,52,61)(H,53,63)(H,54,62)(H,59,60)(H4,47,48,49)/t27-,29+,30?,31?,32+,33+,35?,37?,38+/m1/s1. The number of unbranched alkanes of at least 4 members (excludes halogenated alkanes) is 2. The number of piperidine rings is 1. The van der Waals surface area contributed by atoms with E-state index in [0.29, 0.717) is 18.4 Å². The van der Waals surface area contributed by atoms with Gasteiger partial charge in [0.2, 0.25) is 41.4 Å². The Bertz CT molecular complexity index is 1960. The van der Waals surface area contributed by atoms with Crippen molar-refractivity contribution in [2.24, 2.45) is 28.3 Å². The van der Waals surface area contributed by atoms with Crippen LogP contribution in [0.2, 0.25) is 0 Å². The molecule has 0 aromatic heterocycles. The van der Waals surface area contributed by atoms with Crippen molar-refractivity contribution >= 4 is 59.2 Å². The van der Waals surface area contributed by atoms with Gasteiger partial charge in [-0.15, -0.1) is 0 Å². The maximum Gasteiger partial charge on any atom is 0.329 e. The van der Waals surface area contributed by atoms with Crippen LogP contribution < -0.4 is 38.1 Å². The smallest absolute Gasteiger partial charge is 0.329 e. The summed E-state index contributed by atoms with van der Waals surface area (Å²) in [5, 5.41) is 33.9. The summed E-state index contributed by atoms with van der Waals surface area (Å²) in [6.45, 7) is 10.1. The van der Waals surface area contributed by atoms with Gasteiger partial charge < -0.3 is 62.8 Å². The fraction of sp³-hybridized carbons (Fsp3) is 0.652. The predicted octanol–water partition coefficient (Wildman–Crippen LogP) is -0.455. The molecule has 1 aromatic rings. The molecule has 68 heavy (non-hydrogen) atoms. The number of carbonyl (C=O) groups is 9. The third kappa shape index (κ3) is 16.8. The van der Waals surface area contributed by atoms with Crippen LogP contribution in [-0.2, 0) is 54.3 Å². The number of aliphatic imine (C=N–C) groups is 1. The van der Waals surface area contributed by atoms with Gasteiger partial charge in [0.05, 0.1) is 6.42 Å². The van der Waals surface area contributed by atoms with Gasteiger partial charge in [0.1, 0.15) is 54.6 Å². The van der Waals surface area contributed by atoms with Crippen molar-refractivity contribution in [3.8, 4) is 0 Å². The number of rotatable bonds is 18. The Kier molecular flexibility index (Phi) is 22.1. The van der Waals surface area contributed by atoms with E-state index in [0.717, 1.165) is 11.3 Å². The number of benzene rings is 1. The molecule has 0 saturated carbocycles. The first kappa shape index (κ1) is 56.0. The predicted molar refractivity (Wildman–Crippen MR) is 248 cm³/mol. The van der Waals surface area contributed by atoms with E-state index in [9.17, 15) is 53.4 Å². The average molecular weight is 957 g/mol. The molecule has 0 spiro atoms. The Morgan fingerprint density at radius 3 is 2.18 bits per heavy atom. The zero-order valence-corrected chi connectivity index (χ0v) is 40.2. The van der Waals surface area contributed by atoms with E-state index in [1.807, 2.05) is 20.8 Å². The Morgan fingerprint density at radius 2 is 1.57 bits per heavy atom. The van der Waals surface area contributed by atoms with Gasteiger partial charge in [0, 0.05) is 26.4 Å². The second-order valence-corrected chi connectivity index (χ2v) is 18.2. The lowest BCUT2D eigenvalue weighted by Crippen LogP contribution is -2.65. The Labute approximate surface area is 397 Å². The molecular formula is C46H72N10O12. The highest BCUT2D eigenvalue weighted by molar-refractivity contribution is 5.98. The van der Waals surface area contributed by atoms with Gasteiger partial charge in [0.15, 0.2) is 5.96 Å². The molecule has 4 unspecified atom stereocenters. The number of carboxylic acids is 1. The summed E-state index contributed by atoms with van der Waals surface area (Å²) in [5.74, 6) is -9.59. The molecule has 1 aromatic carbocycles. The van der Waals surface area contributed by atoms with Gasteiger partial charge in [-0.05, 0) is 62.8 Å². The number of carbonyl (C=O) groups excluding carboxylic acids is 8. The van der Waals surface area contributed by atoms with E-state index < -0.39 is 120 Å². The zero-order valence-electron chi connectivity index (χ0n) is 40.2. The second-order valence-electron chi connectivity index (χ2n) is 18.2. The lowest BCUT2D eigenvalue weighted by molar-refractivity contribution is -0.166. The number of aliphatic carboxylic acids is 1. The van der Waals surface area contributed by atoms with Crippen LogP contribution in [-0.4, -0.2) is 147 Å². The van der Waals surface area contributed by atoms with E-state index in [4.69, 9.17) is 16.2 Å². The second kappa shape index (κ2) is 26.9. The lowest BCUT2D eigenvalue weighted by atomic mass is 9.94. The number of nitrogens with two attached hydrogens (primary N) is 2. The van der Waals surface area contributed by atoms with E-state index in [1.54, 1.807) is 44.2 Å². The van der Waals surface area contributed by atoms with Gasteiger partial charge in [-0.3, -0.25) is 43.3 Å². The van der Waals surface area contributed by atoms with Crippen LogP contribution in [0, 0.1) is 11.8 Å². The van der Waals surface area contributed by atoms with Crippen LogP contribution in [0.1, 0.15) is 111 Å². The fourth-order valence-electron chi connectivity index (χ4n) is 8.03. The van der Waals surface area contributed by atoms with Crippen molar-refractivity contribution in [1.82, 2.24) is 36.4 Å². The third-order valence-electron chi connectivity index (χ3n) is 11.8. The minimum Gasteiger partial charge on any atom is -0.481 e. The summed E-state index contributed by atoms with van der Waals surface area (Å²) in [6, 6.07) is -1.57. The number of guanidine groups is 1. The van der Waals surface area contributed by atoms with Crippen LogP contribution >= 0.6 is 0 Å². The summed E-state index contributed by atoms with van der Waals surface area (Å²) < 4.78 is 5.82. The number of cyclic esters (lactones) is 1. The SMILES string of the molecule is CCCCCC(=O)NC(CC(=O)O)C(=O)N[C@@H]1C(=O)N[C@@H](CCCN=C(N)N)C(=O)NC2CCC(O)N(C2=O)[C@@H](CC(C)C)C(=O)N(C)[C@@H](Cc2ccccc2)C(=O)NC(C(C)C)C(=O)O[C@@H]1C. The average Bonchev–Trinajstić information content (AvgIpc) is 3.26. The number of fused-ring (bicyclic) bond motifs is 2. The number of nitrogens with zero attached hydrogens (tertiary/aromatic N) is 3. The van der Waals surface area contributed by atoms with Crippen LogP contribution in [0.25, 0.3) is 0 Å². The molecule has 9 atom stereocenters. The van der Waals surface area contributed by atoms with Crippen LogP contribution in [0.3, 0.4) is 0 Å². The molecule has 2 fully saturated rings. The number of aliphatic hydroxyl groups excluding tert-OH is 1. The number of amides is 7. The summed E-state index contributed by atoms with van der Waals surface area (Å²) in [7, 11) is 1.39. The highest BCUT2D eigenvalue weighted by atomic mass is 16.5. The van der Waals surface area contributed by atoms with E-state index in [1.165, 1.54) is 18.9 Å². The molecule has 11 N–H and O–H groups in total. The van der Waals surface area contributed by atoms with Gasteiger partial charge in [-0.1, -0.05) is 77.8 Å². The first-order valence-corrected chi connectivity index (χ1v) is 23.3. The van der Waals surface area contributed by atoms with Gasteiger partial charge in [-0.2, -0.15) is 0 Å². The molecule has 0 radical (unpaired) electrons. The molecule has 2 saturated heterocycles. The number of ether oxygens (including phenoxy) is 1. The van der Waals surface area contributed by atoms with Gasteiger partial charge in [0.25, 0.3) is 0 Å². The number of carboxylic acid groups (broad SMARTS) is 1. The number of hydrogen-bond donors (Lipinski definition) is 9. The van der Waals surface area contributed by atoms with E-state index in [-0.39, 0.29) is 63.4 Å². The highest BCUT2D eigenvalue weighted by Gasteiger charge is 2.46. The molecule has 2 aliphatic rings. The van der Waals surface area contributed by atoms with Crippen molar-refractivity contribution < 1.29 is 58.1 Å². The fourth-order valence-corrected chi connectivity index (χ4v) is 8.03. The summed E-state index contributed by atoms with van der Waals surface area (Å²) in [6.07, 6.45) is -2.15. The van der Waals surface area contributed by atoms with Crippen molar-refractivity contribution in [3.63, 3.8) is 0 Å². The first-order chi connectivity index (χ1) is 32.0. The molecule has 3 rings (SSSR count). The van der Waals surface area contributed by atoms with Crippen LogP contribution in [0.5, 0.6) is 0 Å². The molecule has 378 valence electrons. The Morgan fingerprint density at radius 1 is 0.897 bits per heavy atom. The zero-order chi connectivity index (χ0) is 50.8. The van der Waals surface area contributed by atoms with Crippen LogP contribution in [0.4, 0.5) is 0 Å². The number of esters is 1. The summed E-state index contributed by atoms with van der Waals surface area (Å²) in [4.78, 5) is 132. The van der Waals surface area contributed by atoms with Crippen molar-refractivity contribution in [3.05, 3.63) is 35.9 Å². The maximum absolute atomic E-state index is 14.8. The number of nitrogens with one attached hydrogen (secondary N) is 5. The number of hydrogen-bond acceptors (Lipinski definition) is 12. The van der Waals surface area contributed by atoms with Crippen LogP contribution in [0.15, 0.2) is 35.3 Å². The normalized spacial score (nSPS) is 24.9. The summed E-state index contributed by atoms with van der Waals surface area (Å²) in [5.41, 5.74) is 11.7. The van der Waals surface area contributed by atoms with Gasteiger partial charge in [-0.25, -0.2) is 4.79 Å². The third-order valence-corrected chi connectivity index (χ3v) is 11.8. The molecule has 2 heterocycles. The molecule has 22 nitrogen and oxygen atoms in total. The monoisotopic (exact) mass is 957 g/mol. The number of aliphatic hydroxyl groups is 1. The highest BCUT2D eigenvalue weighted by Crippen LogP contribution is 2.26. The van der Waals surface area contributed by atoms with E-state index >= 15 is 0 Å².